The van der Waals surface area contributed by atoms with Gasteiger partial charge in [0.2, 0.25) is 0 Å². The molecule has 0 aromatic carbocycles. The van der Waals surface area contributed by atoms with Crippen LogP contribution in [0.4, 0.5) is 4.79 Å². The number of hydrogen-bond donors (Lipinski definition) is 0. The molecule has 1 unspecified atom stereocenters. The number of esters is 1. The predicted octanol–water partition coefficient (Wildman–Crippen LogP) is 0.642. The van der Waals surface area contributed by atoms with Gasteiger partial charge in [0.15, 0.2) is 0 Å². The Morgan fingerprint density at radius 3 is 2.67 bits per heavy atom. The van der Waals surface area contributed by atoms with Crippen molar-refractivity contribution in [2.24, 2.45) is 0 Å². The molecule has 0 bridgehead atoms. The van der Waals surface area contributed by atoms with E-state index in [-0.39, 0.29) is 5.97 Å². The number of likely N-dealkylation sites (tertiary alicyclic amines) is 1. The summed E-state index contributed by atoms with van der Waals surface area (Å²) in [6.45, 7) is 6.27. The molecule has 0 spiro atoms. The number of amides is 1. The molecule has 0 saturated carbocycles. The lowest BCUT2D eigenvalue weighted by Gasteiger charge is -2.29. The van der Waals surface area contributed by atoms with E-state index in [2.05, 4.69) is 0 Å². The van der Waals surface area contributed by atoms with Crippen LogP contribution in [0.15, 0.2) is 0 Å². The van der Waals surface area contributed by atoms with E-state index in [9.17, 15) is 9.59 Å². The molecular weight excluding hydrogens is 250 g/mol. The molecule has 1 saturated heterocycles. The first-order chi connectivity index (χ1) is 8.41. The number of hydrogen-bond acceptors (Lipinski definition) is 4. The van der Waals surface area contributed by atoms with E-state index in [1.807, 2.05) is 20.8 Å². The largest absolute Gasteiger partial charge is 0.469 e. The molecular formula is C12H23NO4Si. The van der Waals surface area contributed by atoms with Crippen molar-refractivity contribution in [2.75, 3.05) is 12.8 Å². The zero-order valence-corrected chi connectivity index (χ0v) is 13.7. The predicted molar refractivity (Wildman–Crippen MR) is 71.5 cm³/mol. The van der Waals surface area contributed by atoms with E-state index in [1.54, 1.807) is 0 Å². The third-order valence-corrected chi connectivity index (χ3v) is 3.55. The maximum Gasteiger partial charge on any atom is 0.411 e. The maximum atomic E-state index is 12.0. The number of nitrogens with zero attached hydrogens (tertiary/aromatic N) is 1. The van der Waals surface area contributed by atoms with Gasteiger partial charge >= 0.3 is 12.1 Å². The summed E-state index contributed by atoms with van der Waals surface area (Å²) in [5.74, 6) is -0.297. The molecule has 0 N–H and O–H groups in total. The van der Waals surface area contributed by atoms with Crippen LogP contribution in [-0.2, 0) is 14.3 Å². The average Bonchev–Trinajstić information content (AvgIpc) is 2.77. The molecule has 1 aliphatic heterocycles. The molecule has 1 rings (SSSR count). The van der Waals surface area contributed by atoms with Crippen molar-refractivity contribution in [1.29, 1.82) is 0 Å². The molecule has 18 heavy (non-hydrogen) atoms. The van der Waals surface area contributed by atoms with E-state index >= 15 is 0 Å². The number of carbonyl (C=O) groups excluding carboxylic acids is 2. The molecule has 0 radical (unpaired) electrons. The number of rotatable bonds is 4. The zero-order chi connectivity index (χ0) is 13.8. The highest BCUT2D eigenvalue weighted by atomic mass is 28.1. The molecule has 1 heterocycles. The average molecular weight is 273 g/mol. The van der Waals surface area contributed by atoms with E-state index in [0.717, 1.165) is 23.1 Å². The normalized spacial score (nSPS) is 19.9. The van der Waals surface area contributed by atoms with Crippen molar-refractivity contribution in [3.8, 4) is 0 Å². The minimum atomic E-state index is -0.494. The number of ether oxygens (including phenoxy) is 2. The van der Waals surface area contributed by atoms with Crippen molar-refractivity contribution in [1.82, 2.24) is 4.90 Å². The number of carbonyl (C=O) groups is 2. The molecule has 6 heteroatoms. The van der Waals surface area contributed by atoms with Gasteiger partial charge in [0.1, 0.15) is 11.6 Å². The zero-order valence-electron chi connectivity index (χ0n) is 11.7. The van der Waals surface area contributed by atoms with Crippen LogP contribution in [0.3, 0.4) is 0 Å². The van der Waals surface area contributed by atoms with E-state index in [1.165, 1.54) is 4.90 Å². The lowest BCUT2D eigenvalue weighted by Crippen LogP contribution is -2.44. The summed E-state index contributed by atoms with van der Waals surface area (Å²) in [4.78, 5) is 25.3. The smallest absolute Gasteiger partial charge is 0.411 e. The highest BCUT2D eigenvalue weighted by molar-refractivity contribution is 6.08. The monoisotopic (exact) mass is 273 g/mol. The molecule has 0 aliphatic carbocycles. The van der Waals surface area contributed by atoms with Gasteiger partial charge in [-0.2, -0.15) is 0 Å². The van der Waals surface area contributed by atoms with Crippen LogP contribution in [0.1, 0.15) is 40.0 Å². The van der Waals surface area contributed by atoms with Crippen LogP contribution in [-0.4, -0.2) is 51.6 Å². The van der Waals surface area contributed by atoms with Crippen LogP contribution in [0, 0.1) is 0 Å². The van der Waals surface area contributed by atoms with Gasteiger partial charge in [-0.05, 0) is 33.1 Å². The molecule has 1 aliphatic rings. The SMILES string of the molecule is CCC(C)(C)OC(=O)N1CCCC1C(=O)OC[SiH3]. The second kappa shape index (κ2) is 6.22. The Hall–Kier alpha value is -1.04. The third kappa shape index (κ3) is 3.73. The van der Waals surface area contributed by atoms with Crippen LogP contribution >= 0.6 is 0 Å². The Kier molecular flexibility index (Phi) is 5.19. The molecule has 1 amide bonds. The van der Waals surface area contributed by atoms with Gasteiger partial charge in [-0.15, -0.1) is 0 Å². The summed E-state index contributed by atoms with van der Waals surface area (Å²) in [5, 5.41) is 0. The fourth-order valence-corrected chi connectivity index (χ4v) is 2.12. The van der Waals surface area contributed by atoms with Gasteiger partial charge in [0, 0.05) is 6.54 Å². The third-order valence-electron chi connectivity index (χ3n) is 3.26. The quantitative estimate of drug-likeness (QED) is 0.557. The summed E-state index contributed by atoms with van der Waals surface area (Å²) < 4.78 is 10.5. The fraction of sp³-hybridized carbons (Fsp3) is 0.833. The Bertz CT molecular complexity index is 319. The summed E-state index contributed by atoms with van der Waals surface area (Å²) in [6.07, 6.45) is 2.29. The highest BCUT2D eigenvalue weighted by Crippen LogP contribution is 2.23. The van der Waals surface area contributed by atoms with E-state index < -0.39 is 17.7 Å². The van der Waals surface area contributed by atoms with Crippen molar-refractivity contribution < 1.29 is 19.1 Å². The van der Waals surface area contributed by atoms with Crippen LogP contribution in [0.2, 0.25) is 0 Å². The van der Waals surface area contributed by atoms with Gasteiger partial charge in [-0.1, -0.05) is 6.92 Å². The Labute approximate surface area is 111 Å². The van der Waals surface area contributed by atoms with Gasteiger partial charge < -0.3 is 9.47 Å². The Morgan fingerprint density at radius 2 is 2.11 bits per heavy atom. The molecule has 0 aromatic heterocycles. The highest BCUT2D eigenvalue weighted by Gasteiger charge is 2.37. The minimum Gasteiger partial charge on any atom is -0.469 e. The molecule has 1 atom stereocenters. The summed E-state index contributed by atoms with van der Waals surface area (Å²) in [7, 11) is 0.814. The molecule has 5 nitrogen and oxygen atoms in total. The van der Waals surface area contributed by atoms with Gasteiger partial charge in [0.25, 0.3) is 0 Å². The first-order valence-corrected chi connectivity index (χ1v) is 7.99. The lowest BCUT2D eigenvalue weighted by molar-refractivity contribution is -0.146. The fourth-order valence-electron chi connectivity index (χ4n) is 1.84. The van der Waals surface area contributed by atoms with Gasteiger partial charge in [-0.25, -0.2) is 9.59 Å². The molecule has 0 aromatic rings. The van der Waals surface area contributed by atoms with E-state index in [4.69, 9.17) is 9.47 Å². The summed E-state index contributed by atoms with van der Waals surface area (Å²) >= 11 is 0. The maximum absolute atomic E-state index is 12.0. The van der Waals surface area contributed by atoms with Gasteiger partial charge in [0.05, 0.1) is 16.5 Å². The van der Waals surface area contributed by atoms with Crippen molar-refractivity contribution >= 4 is 22.3 Å². The lowest BCUT2D eigenvalue weighted by atomic mass is 10.1. The molecule has 1 fully saturated rings. The second-order valence-corrected chi connectivity index (χ2v) is 5.66. The minimum absolute atomic E-state index is 0.297. The topological polar surface area (TPSA) is 55.8 Å². The summed E-state index contributed by atoms with van der Waals surface area (Å²) in [5.41, 5.74) is -0.494. The van der Waals surface area contributed by atoms with Crippen LogP contribution < -0.4 is 0 Å². The van der Waals surface area contributed by atoms with Crippen molar-refractivity contribution in [2.45, 2.75) is 51.7 Å². The first kappa shape index (κ1) is 15.0. The summed E-state index contributed by atoms with van der Waals surface area (Å²) in [6, 6.07) is -0.459. The standard InChI is InChI=1S/C12H23NO4Si/c1-4-12(2,3)17-11(15)13-7-5-6-9(13)10(14)16-8-18/h9H,4-8H2,1-3,18H3. The van der Waals surface area contributed by atoms with Crippen LogP contribution in [0.25, 0.3) is 0 Å². The van der Waals surface area contributed by atoms with E-state index in [0.29, 0.717) is 19.2 Å². The molecule has 104 valence electrons. The van der Waals surface area contributed by atoms with Crippen molar-refractivity contribution in [3.05, 3.63) is 0 Å². The Morgan fingerprint density at radius 1 is 1.44 bits per heavy atom. The Balaban J connectivity index is 2.64. The first-order valence-electron chi connectivity index (χ1n) is 6.57. The van der Waals surface area contributed by atoms with Crippen molar-refractivity contribution in [3.63, 3.8) is 0 Å². The second-order valence-electron chi connectivity index (χ2n) is 5.08. The van der Waals surface area contributed by atoms with Crippen LogP contribution in [0.5, 0.6) is 0 Å². The van der Waals surface area contributed by atoms with Gasteiger partial charge in [-0.3, -0.25) is 4.90 Å².